The van der Waals surface area contributed by atoms with Crippen LogP contribution in [0, 0.1) is 0 Å². The average molecular weight is 517 g/mol. The highest BCUT2D eigenvalue weighted by atomic mass is 16.5. The summed E-state index contributed by atoms with van der Waals surface area (Å²) >= 11 is 0. The number of ether oxygens (including phenoxy) is 1. The number of carbonyl (C=O) groups excluding carboxylic acids is 2. The Kier molecular flexibility index (Phi) is 7.94. The SMILES string of the molecule is CCN(CC)C(c1ccc(-c2ccccc2C(N)=O)cc1OC)C(O)C(=O)Nc1ccc2[nH]c(N)nc2c1. The zero-order valence-electron chi connectivity index (χ0n) is 21.6. The number of aliphatic hydroxyl groups excluding tert-OH is 1. The molecule has 1 heterocycles. The molecule has 10 nitrogen and oxygen atoms in total. The van der Waals surface area contributed by atoms with E-state index in [1.54, 1.807) is 36.4 Å². The zero-order chi connectivity index (χ0) is 27.4. The molecule has 0 fully saturated rings. The van der Waals surface area contributed by atoms with E-state index < -0.39 is 24.0 Å². The highest BCUT2D eigenvalue weighted by molar-refractivity contribution is 6.00. The van der Waals surface area contributed by atoms with Crippen LogP contribution >= 0.6 is 0 Å². The van der Waals surface area contributed by atoms with Crippen molar-refractivity contribution in [3.05, 3.63) is 71.8 Å². The first-order valence-corrected chi connectivity index (χ1v) is 12.3. The van der Waals surface area contributed by atoms with Gasteiger partial charge in [0.05, 0.1) is 24.2 Å². The summed E-state index contributed by atoms with van der Waals surface area (Å²) in [6, 6.07) is 16.9. The van der Waals surface area contributed by atoms with Gasteiger partial charge in [0.15, 0.2) is 12.1 Å². The molecule has 0 radical (unpaired) electrons. The molecule has 0 saturated heterocycles. The number of aromatic amines is 1. The maximum atomic E-state index is 13.3. The fourth-order valence-electron chi connectivity index (χ4n) is 4.72. The van der Waals surface area contributed by atoms with Crippen LogP contribution in [0.15, 0.2) is 60.7 Å². The summed E-state index contributed by atoms with van der Waals surface area (Å²) in [6.45, 7) is 5.08. The first-order valence-electron chi connectivity index (χ1n) is 12.3. The summed E-state index contributed by atoms with van der Waals surface area (Å²) < 4.78 is 5.72. The van der Waals surface area contributed by atoms with Crippen LogP contribution in [0.2, 0.25) is 0 Å². The Hall–Kier alpha value is -4.41. The number of nitrogens with zero attached hydrogens (tertiary/aromatic N) is 2. The van der Waals surface area contributed by atoms with Gasteiger partial charge < -0.3 is 31.6 Å². The number of likely N-dealkylation sites (N-methyl/N-ethyl adjacent to an activating group) is 1. The normalized spacial score (nSPS) is 12.9. The van der Waals surface area contributed by atoms with Crippen molar-refractivity contribution < 1.29 is 19.4 Å². The first-order chi connectivity index (χ1) is 18.3. The van der Waals surface area contributed by atoms with Crippen molar-refractivity contribution in [3.63, 3.8) is 0 Å². The van der Waals surface area contributed by atoms with Crippen molar-refractivity contribution >= 4 is 34.5 Å². The summed E-state index contributed by atoms with van der Waals surface area (Å²) in [6.07, 6.45) is -1.42. The number of nitrogen functional groups attached to an aromatic ring is 1. The van der Waals surface area contributed by atoms with E-state index in [1.165, 1.54) is 7.11 Å². The van der Waals surface area contributed by atoms with Crippen molar-refractivity contribution in [3.8, 4) is 16.9 Å². The van der Waals surface area contributed by atoms with Crippen LogP contribution in [-0.2, 0) is 4.79 Å². The van der Waals surface area contributed by atoms with Crippen molar-refractivity contribution in [2.75, 3.05) is 31.2 Å². The Balaban J connectivity index is 1.69. The lowest BCUT2D eigenvalue weighted by Gasteiger charge is -2.34. The molecule has 1 aromatic heterocycles. The van der Waals surface area contributed by atoms with Gasteiger partial charge in [-0.15, -0.1) is 0 Å². The van der Waals surface area contributed by atoms with Crippen LogP contribution in [-0.4, -0.2) is 58.1 Å². The predicted molar refractivity (Wildman–Crippen MR) is 148 cm³/mol. The van der Waals surface area contributed by atoms with Crippen LogP contribution in [0.5, 0.6) is 5.75 Å². The molecule has 38 heavy (non-hydrogen) atoms. The number of fused-ring (bicyclic) bond motifs is 1. The average Bonchev–Trinajstić information content (AvgIpc) is 3.30. The number of H-pyrrole nitrogens is 1. The highest BCUT2D eigenvalue weighted by Crippen LogP contribution is 2.36. The fraction of sp³-hybridized carbons (Fsp3) is 0.250. The molecule has 10 heteroatoms. The van der Waals surface area contributed by atoms with E-state index in [2.05, 4.69) is 15.3 Å². The molecule has 0 spiro atoms. The van der Waals surface area contributed by atoms with Gasteiger partial charge in [0.25, 0.3) is 5.91 Å². The second-order valence-electron chi connectivity index (χ2n) is 8.82. The maximum Gasteiger partial charge on any atom is 0.255 e. The standard InChI is InChI=1S/C28H32N6O4/c1-4-34(5-2)24(25(35)27(37)31-17-11-13-21-22(15-17)33-28(30)32-21)20-12-10-16(14-23(20)38-3)18-8-6-7-9-19(18)26(29)36/h6-15,24-25,35H,4-5H2,1-3H3,(H2,29,36)(H,31,37)(H3,30,32,33). The largest absolute Gasteiger partial charge is 0.496 e. The maximum absolute atomic E-state index is 13.3. The summed E-state index contributed by atoms with van der Waals surface area (Å²) in [4.78, 5) is 34.4. The molecule has 0 aliphatic heterocycles. The molecule has 2 amide bonds. The monoisotopic (exact) mass is 516 g/mol. The van der Waals surface area contributed by atoms with Gasteiger partial charge in [0.1, 0.15) is 5.75 Å². The number of amides is 2. The molecule has 0 bridgehead atoms. The lowest BCUT2D eigenvalue weighted by molar-refractivity contribution is -0.127. The lowest BCUT2D eigenvalue weighted by Crippen LogP contribution is -2.43. The second-order valence-corrected chi connectivity index (χ2v) is 8.82. The van der Waals surface area contributed by atoms with Crippen LogP contribution in [0.25, 0.3) is 22.2 Å². The molecular formula is C28H32N6O4. The number of anilines is 2. The topological polar surface area (TPSA) is 160 Å². The number of methoxy groups -OCH3 is 1. The van der Waals surface area contributed by atoms with Gasteiger partial charge in [-0.2, -0.15) is 0 Å². The van der Waals surface area contributed by atoms with Gasteiger partial charge in [-0.1, -0.05) is 44.2 Å². The number of imidazole rings is 1. The van der Waals surface area contributed by atoms with E-state index >= 15 is 0 Å². The van der Waals surface area contributed by atoms with Crippen molar-refractivity contribution in [1.29, 1.82) is 0 Å². The number of benzene rings is 3. The van der Waals surface area contributed by atoms with Crippen molar-refractivity contribution in [1.82, 2.24) is 14.9 Å². The number of hydrogen-bond donors (Lipinski definition) is 5. The van der Waals surface area contributed by atoms with Crippen LogP contribution in [0.1, 0.15) is 35.8 Å². The van der Waals surface area contributed by atoms with Gasteiger partial charge in [0.2, 0.25) is 5.91 Å². The van der Waals surface area contributed by atoms with Crippen LogP contribution in [0.3, 0.4) is 0 Å². The Morgan fingerprint density at radius 2 is 1.84 bits per heavy atom. The zero-order valence-corrected chi connectivity index (χ0v) is 21.6. The quantitative estimate of drug-likeness (QED) is 0.216. The predicted octanol–water partition coefficient (Wildman–Crippen LogP) is 3.30. The number of nitrogens with two attached hydrogens (primary N) is 2. The number of aliphatic hydroxyl groups is 1. The molecular weight excluding hydrogens is 484 g/mol. The molecule has 0 aliphatic rings. The fourth-order valence-corrected chi connectivity index (χ4v) is 4.72. The van der Waals surface area contributed by atoms with Gasteiger partial charge >= 0.3 is 0 Å². The molecule has 3 aromatic carbocycles. The summed E-state index contributed by atoms with van der Waals surface area (Å²) in [5.74, 6) is -0.361. The Morgan fingerprint density at radius 1 is 1.11 bits per heavy atom. The Morgan fingerprint density at radius 3 is 2.53 bits per heavy atom. The number of hydrogen-bond acceptors (Lipinski definition) is 7. The summed E-state index contributed by atoms with van der Waals surface area (Å²) in [5.41, 5.74) is 15.5. The molecule has 4 aromatic rings. The van der Waals surface area contributed by atoms with Gasteiger partial charge in [-0.3, -0.25) is 14.5 Å². The van der Waals surface area contributed by atoms with E-state index in [0.717, 1.165) is 11.1 Å². The van der Waals surface area contributed by atoms with Crippen LogP contribution in [0.4, 0.5) is 11.6 Å². The highest BCUT2D eigenvalue weighted by Gasteiger charge is 2.34. The van der Waals surface area contributed by atoms with Gasteiger partial charge in [0, 0.05) is 16.8 Å². The molecule has 4 rings (SSSR count). The van der Waals surface area contributed by atoms with Gasteiger partial charge in [-0.25, -0.2) is 4.98 Å². The lowest BCUT2D eigenvalue weighted by atomic mass is 9.93. The third-order valence-electron chi connectivity index (χ3n) is 6.60. The molecule has 2 atom stereocenters. The number of nitrogens with one attached hydrogen (secondary N) is 2. The number of rotatable bonds is 10. The van der Waals surface area contributed by atoms with Crippen molar-refractivity contribution in [2.24, 2.45) is 5.73 Å². The number of aromatic nitrogens is 2. The number of primary amides is 1. The van der Waals surface area contributed by atoms with Gasteiger partial charge in [-0.05, 0) is 54.5 Å². The minimum absolute atomic E-state index is 0.277. The second kappa shape index (κ2) is 11.3. The van der Waals surface area contributed by atoms with E-state index in [1.807, 2.05) is 43.0 Å². The van der Waals surface area contributed by atoms with Crippen LogP contribution < -0.4 is 21.5 Å². The molecule has 0 aliphatic carbocycles. The van der Waals surface area contributed by atoms with Crippen molar-refractivity contribution in [2.45, 2.75) is 26.0 Å². The van der Waals surface area contributed by atoms with E-state index in [9.17, 15) is 14.7 Å². The minimum atomic E-state index is -1.42. The number of carbonyl (C=O) groups is 2. The Labute approximate surface area is 220 Å². The third-order valence-corrected chi connectivity index (χ3v) is 6.60. The molecule has 2 unspecified atom stereocenters. The van der Waals surface area contributed by atoms with E-state index in [4.69, 9.17) is 16.2 Å². The molecule has 0 saturated carbocycles. The smallest absolute Gasteiger partial charge is 0.255 e. The van der Waals surface area contributed by atoms with E-state index in [-0.39, 0.29) is 5.95 Å². The first kappa shape index (κ1) is 26.6. The third kappa shape index (κ3) is 5.31. The Bertz CT molecular complexity index is 1460. The molecule has 198 valence electrons. The van der Waals surface area contributed by atoms with E-state index in [0.29, 0.717) is 46.7 Å². The summed E-state index contributed by atoms with van der Waals surface area (Å²) in [7, 11) is 1.53. The summed E-state index contributed by atoms with van der Waals surface area (Å²) in [5, 5.41) is 14.1. The molecule has 7 N–H and O–H groups in total. The minimum Gasteiger partial charge on any atom is -0.496 e.